The van der Waals surface area contributed by atoms with Crippen LogP contribution in [0.5, 0.6) is 0 Å². The van der Waals surface area contributed by atoms with Gasteiger partial charge in [0.2, 0.25) is 0 Å². The first kappa shape index (κ1) is 16.2. The van der Waals surface area contributed by atoms with Crippen LogP contribution < -0.4 is 0 Å². The molecule has 1 fully saturated rings. The summed E-state index contributed by atoms with van der Waals surface area (Å²) in [7, 11) is 0. The van der Waals surface area contributed by atoms with E-state index >= 15 is 0 Å². The predicted molar refractivity (Wildman–Crippen MR) is 90.8 cm³/mol. The number of piperidine rings is 1. The quantitative estimate of drug-likeness (QED) is 0.832. The summed E-state index contributed by atoms with van der Waals surface area (Å²) in [4.78, 5) is 14.5. The fourth-order valence-electron chi connectivity index (χ4n) is 3.13. The summed E-state index contributed by atoms with van der Waals surface area (Å²) in [6, 6.07) is 14.6. The molecule has 122 valence electrons. The van der Waals surface area contributed by atoms with Crippen molar-refractivity contribution in [3.63, 3.8) is 0 Å². The minimum absolute atomic E-state index is 0.0257. The molecule has 0 atom stereocenters. The normalized spacial score (nSPS) is 15.1. The van der Waals surface area contributed by atoms with E-state index in [9.17, 15) is 9.18 Å². The molecule has 0 spiro atoms. The van der Waals surface area contributed by atoms with Gasteiger partial charge in [-0.2, -0.15) is 5.26 Å². The van der Waals surface area contributed by atoms with Gasteiger partial charge in [-0.05, 0) is 54.7 Å². The van der Waals surface area contributed by atoms with Crippen molar-refractivity contribution in [3.05, 3.63) is 59.4 Å². The molecule has 4 heteroatoms. The molecule has 2 aromatic carbocycles. The van der Waals surface area contributed by atoms with E-state index in [0.717, 1.165) is 24.0 Å². The van der Waals surface area contributed by atoms with Crippen LogP contribution in [0.15, 0.2) is 42.5 Å². The van der Waals surface area contributed by atoms with Crippen LogP contribution in [0, 0.1) is 30.0 Å². The molecule has 0 aliphatic carbocycles. The van der Waals surface area contributed by atoms with Crippen LogP contribution in [0.3, 0.4) is 0 Å². The van der Waals surface area contributed by atoms with Crippen molar-refractivity contribution < 1.29 is 9.18 Å². The third kappa shape index (κ3) is 3.16. The van der Waals surface area contributed by atoms with E-state index in [1.807, 2.05) is 24.3 Å². The van der Waals surface area contributed by atoms with Gasteiger partial charge in [-0.15, -0.1) is 0 Å². The molecule has 0 radical (unpaired) electrons. The third-order valence-electron chi connectivity index (χ3n) is 4.65. The lowest BCUT2D eigenvalue weighted by Crippen LogP contribution is -2.38. The molecular formula is C20H19FN2O. The molecule has 0 bridgehead atoms. The second-order valence-electron chi connectivity index (χ2n) is 6.19. The van der Waals surface area contributed by atoms with Crippen molar-refractivity contribution in [2.75, 3.05) is 13.1 Å². The minimum atomic E-state index is -0.247. The number of carbonyl (C=O) groups is 1. The number of rotatable bonds is 2. The molecule has 1 heterocycles. The maximum absolute atomic E-state index is 13.8. The number of benzene rings is 2. The van der Waals surface area contributed by atoms with Gasteiger partial charge >= 0.3 is 0 Å². The number of hydrogen-bond donors (Lipinski definition) is 0. The smallest absolute Gasteiger partial charge is 0.253 e. The molecule has 0 unspecified atom stereocenters. The Kier molecular flexibility index (Phi) is 4.61. The fourth-order valence-corrected chi connectivity index (χ4v) is 3.13. The molecule has 24 heavy (non-hydrogen) atoms. The number of hydrogen-bond acceptors (Lipinski definition) is 2. The van der Waals surface area contributed by atoms with Crippen LogP contribution in [0.2, 0.25) is 0 Å². The Morgan fingerprint density at radius 2 is 1.92 bits per heavy atom. The summed E-state index contributed by atoms with van der Waals surface area (Å²) < 4.78 is 13.8. The van der Waals surface area contributed by atoms with Crippen molar-refractivity contribution in [2.24, 2.45) is 5.92 Å². The van der Waals surface area contributed by atoms with Crippen LogP contribution in [0.25, 0.3) is 11.1 Å². The van der Waals surface area contributed by atoms with Gasteiger partial charge in [-0.25, -0.2) is 4.39 Å². The van der Waals surface area contributed by atoms with Crippen molar-refractivity contribution in [2.45, 2.75) is 19.8 Å². The van der Waals surface area contributed by atoms with E-state index in [1.165, 1.54) is 6.07 Å². The molecule has 3 nitrogen and oxygen atoms in total. The van der Waals surface area contributed by atoms with Gasteiger partial charge < -0.3 is 4.90 Å². The first-order chi connectivity index (χ1) is 11.6. The number of amides is 1. The highest BCUT2D eigenvalue weighted by molar-refractivity contribution is 5.95. The maximum atomic E-state index is 13.8. The van der Waals surface area contributed by atoms with Gasteiger partial charge in [0.15, 0.2) is 0 Å². The van der Waals surface area contributed by atoms with Gasteiger partial charge in [0.25, 0.3) is 5.91 Å². The van der Waals surface area contributed by atoms with Gasteiger partial charge in [0.05, 0.1) is 6.07 Å². The topological polar surface area (TPSA) is 44.1 Å². The maximum Gasteiger partial charge on any atom is 0.253 e. The van der Waals surface area contributed by atoms with E-state index in [1.54, 1.807) is 24.0 Å². The fraction of sp³-hybridized carbons (Fsp3) is 0.300. The van der Waals surface area contributed by atoms with Crippen molar-refractivity contribution >= 4 is 5.91 Å². The van der Waals surface area contributed by atoms with E-state index in [-0.39, 0.29) is 17.6 Å². The first-order valence-corrected chi connectivity index (χ1v) is 8.14. The highest BCUT2D eigenvalue weighted by atomic mass is 19.1. The average Bonchev–Trinajstić information content (AvgIpc) is 2.63. The number of halogens is 1. The summed E-state index contributed by atoms with van der Waals surface area (Å²) >= 11 is 0. The second-order valence-corrected chi connectivity index (χ2v) is 6.19. The van der Waals surface area contributed by atoms with E-state index < -0.39 is 0 Å². The van der Waals surface area contributed by atoms with Crippen molar-refractivity contribution in [3.8, 4) is 17.2 Å². The van der Waals surface area contributed by atoms with Crippen LogP contribution in [-0.4, -0.2) is 23.9 Å². The number of carbonyl (C=O) groups excluding carboxylic acids is 1. The SMILES string of the molecule is Cc1c(F)cccc1-c1cccc(C(=O)N2CCC(C#N)CC2)c1. The molecule has 1 saturated heterocycles. The molecule has 0 N–H and O–H groups in total. The highest BCUT2D eigenvalue weighted by Crippen LogP contribution is 2.27. The summed E-state index contributed by atoms with van der Waals surface area (Å²) in [6.07, 6.45) is 1.45. The Morgan fingerprint density at radius 3 is 2.62 bits per heavy atom. The Morgan fingerprint density at radius 1 is 1.21 bits per heavy atom. The minimum Gasteiger partial charge on any atom is -0.339 e. The highest BCUT2D eigenvalue weighted by Gasteiger charge is 2.23. The average molecular weight is 322 g/mol. The van der Waals surface area contributed by atoms with Gasteiger partial charge in [-0.3, -0.25) is 4.79 Å². The molecule has 2 aromatic rings. The van der Waals surface area contributed by atoms with Crippen LogP contribution in [-0.2, 0) is 0 Å². The number of nitriles is 1. The van der Waals surface area contributed by atoms with Gasteiger partial charge in [-0.1, -0.05) is 24.3 Å². The largest absolute Gasteiger partial charge is 0.339 e. The van der Waals surface area contributed by atoms with E-state index in [2.05, 4.69) is 6.07 Å². The Labute approximate surface area is 141 Å². The number of nitrogens with zero attached hydrogens (tertiary/aromatic N) is 2. The Balaban J connectivity index is 1.84. The zero-order valence-electron chi connectivity index (χ0n) is 13.6. The zero-order chi connectivity index (χ0) is 17.1. The molecule has 1 aliphatic rings. The van der Waals surface area contributed by atoms with Gasteiger partial charge in [0.1, 0.15) is 5.82 Å². The first-order valence-electron chi connectivity index (χ1n) is 8.14. The van der Waals surface area contributed by atoms with E-state index in [0.29, 0.717) is 24.2 Å². The lowest BCUT2D eigenvalue weighted by atomic mass is 9.96. The number of likely N-dealkylation sites (tertiary alicyclic amines) is 1. The Bertz CT molecular complexity index is 802. The lowest BCUT2D eigenvalue weighted by molar-refractivity contribution is 0.0707. The molecule has 0 saturated carbocycles. The third-order valence-corrected chi connectivity index (χ3v) is 4.65. The summed E-state index contributed by atoms with van der Waals surface area (Å²) in [5.74, 6) is -0.222. The molecule has 0 aromatic heterocycles. The molecule has 3 rings (SSSR count). The second kappa shape index (κ2) is 6.84. The zero-order valence-corrected chi connectivity index (χ0v) is 13.6. The molecule has 1 amide bonds. The monoisotopic (exact) mass is 322 g/mol. The summed E-state index contributed by atoms with van der Waals surface area (Å²) in [5, 5.41) is 8.96. The molecular weight excluding hydrogens is 303 g/mol. The van der Waals surface area contributed by atoms with Crippen LogP contribution in [0.4, 0.5) is 4.39 Å². The van der Waals surface area contributed by atoms with Crippen molar-refractivity contribution in [1.82, 2.24) is 4.90 Å². The lowest BCUT2D eigenvalue weighted by Gasteiger charge is -2.29. The summed E-state index contributed by atoms with van der Waals surface area (Å²) in [5.41, 5.74) is 2.82. The predicted octanol–water partition coefficient (Wildman–Crippen LogP) is 4.18. The Hall–Kier alpha value is -2.67. The summed E-state index contributed by atoms with van der Waals surface area (Å²) in [6.45, 7) is 2.96. The van der Waals surface area contributed by atoms with Crippen molar-refractivity contribution in [1.29, 1.82) is 5.26 Å². The van der Waals surface area contributed by atoms with Crippen LogP contribution in [0.1, 0.15) is 28.8 Å². The van der Waals surface area contributed by atoms with E-state index in [4.69, 9.17) is 5.26 Å². The standard InChI is InChI=1S/C20H19FN2O/c1-14-18(6-3-7-19(14)21)16-4-2-5-17(12-16)20(24)23-10-8-15(13-22)9-11-23/h2-7,12,15H,8-11H2,1H3. The van der Waals surface area contributed by atoms with Crippen LogP contribution >= 0.6 is 0 Å². The molecule has 1 aliphatic heterocycles. The van der Waals surface area contributed by atoms with Gasteiger partial charge in [0, 0.05) is 24.6 Å².